The average Bonchev–Trinajstić information content (AvgIpc) is 2.53. The van der Waals surface area contributed by atoms with Crippen LogP contribution in [0.3, 0.4) is 0 Å². The number of hydrogen-bond acceptors (Lipinski definition) is 5. The summed E-state index contributed by atoms with van der Waals surface area (Å²) in [5.41, 5.74) is 5.64. The highest BCUT2D eigenvalue weighted by atomic mass is 35.5. The van der Waals surface area contributed by atoms with E-state index in [4.69, 9.17) is 17.3 Å². The molecule has 2 aromatic carbocycles. The molecule has 114 valence electrons. The molecular weight excluding hydrogens is 326 g/mol. The Kier molecular flexibility index (Phi) is 3.47. The highest BCUT2D eigenvalue weighted by Crippen LogP contribution is 2.40. The second-order valence-electron chi connectivity index (χ2n) is 4.64. The van der Waals surface area contributed by atoms with E-state index in [1.165, 1.54) is 0 Å². The number of phenolic OH excluding ortho intramolecular Hbond substituents is 1. The summed E-state index contributed by atoms with van der Waals surface area (Å²) < 4.78 is 27.8. The summed E-state index contributed by atoms with van der Waals surface area (Å²) in [5.74, 6) is -2.31. The number of nitriles is 1. The van der Waals surface area contributed by atoms with Crippen molar-refractivity contribution in [1.82, 2.24) is 9.97 Å². The Balaban J connectivity index is 2.52. The Labute approximate surface area is 133 Å². The normalized spacial score (nSPS) is 10.7. The summed E-state index contributed by atoms with van der Waals surface area (Å²) in [7, 11) is 0. The van der Waals surface area contributed by atoms with E-state index in [1.807, 2.05) is 6.07 Å². The molecule has 3 rings (SSSR count). The molecule has 0 aliphatic heterocycles. The zero-order valence-electron chi connectivity index (χ0n) is 11.3. The van der Waals surface area contributed by atoms with Crippen molar-refractivity contribution in [3.05, 3.63) is 46.7 Å². The van der Waals surface area contributed by atoms with E-state index in [9.17, 15) is 19.1 Å². The van der Waals surface area contributed by atoms with Crippen LogP contribution in [0, 0.1) is 23.0 Å². The average molecular weight is 333 g/mol. The zero-order valence-corrected chi connectivity index (χ0v) is 12.1. The molecule has 0 aliphatic rings. The van der Waals surface area contributed by atoms with Crippen LogP contribution in [0.1, 0.15) is 5.56 Å². The van der Waals surface area contributed by atoms with Crippen LogP contribution in [0.4, 0.5) is 14.6 Å². The van der Waals surface area contributed by atoms with Crippen LogP contribution in [0.2, 0.25) is 5.02 Å². The Morgan fingerprint density at radius 2 is 2.00 bits per heavy atom. The van der Waals surface area contributed by atoms with Gasteiger partial charge in [0.15, 0.2) is 5.82 Å². The van der Waals surface area contributed by atoms with E-state index < -0.39 is 16.7 Å². The molecule has 0 radical (unpaired) electrons. The van der Waals surface area contributed by atoms with Crippen LogP contribution >= 0.6 is 11.6 Å². The van der Waals surface area contributed by atoms with Crippen molar-refractivity contribution < 1.29 is 13.9 Å². The SMILES string of the molecule is N#Cc1cc(O)c2c(N)ncnc2c1-c1ccc(F)c(Cl)c1F. The number of nitrogens with two attached hydrogens (primary N) is 1. The van der Waals surface area contributed by atoms with Gasteiger partial charge in [-0.25, -0.2) is 18.7 Å². The van der Waals surface area contributed by atoms with Crippen molar-refractivity contribution in [2.45, 2.75) is 0 Å². The van der Waals surface area contributed by atoms with Gasteiger partial charge in [0, 0.05) is 11.1 Å². The zero-order chi connectivity index (χ0) is 16.7. The molecule has 5 nitrogen and oxygen atoms in total. The third-order valence-electron chi connectivity index (χ3n) is 3.34. The Bertz CT molecular complexity index is 1000. The van der Waals surface area contributed by atoms with Gasteiger partial charge in [0.1, 0.15) is 28.7 Å². The van der Waals surface area contributed by atoms with Gasteiger partial charge in [-0.1, -0.05) is 11.6 Å². The maximum Gasteiger partial charge on any atom is 0.152 e. The predicted molar refractivity (Wildman–Crippen MR) is 80.7 cm³/mol. The van der Waals surface area contributed by atoms with Gasteiger partial charge in [0.05, 0.1) is 22.5 Å². The molecule has 0 bridgehead atoms. The third kappa shape index (κ3) is 2.20. The van der Waals surface area contributed by atoms with E-state index >= 15 is 0 Å². The standard InChI is InChI=1S/C15H7ClF2N4O/c16-12-8(17)2-1-7(13(12)18)10-6(4-19)3-9(23)11-14(10)21-5-22-15(11)20/h1-3,5,23H,(H2,20,21,22). The molecular formula is C15H7ClF2N4O. The van der Waals surface area contributed by atoms with Crippen LogP contribution in [0.5, 0.6) is 5.75 Å². The quantitative estimate of drug-likeness (QED) is 0.666. The van der Waals surface area contributed by atoms with E-state index in [0.29, 0.717) is 0 Å². The highest BCUT2D eigenvalue weighted by molar-refractivity contribution is 6.31. The monoisotopic (exact) mass is 332 g/mol. The lowest BCUT2D eigenvalue weighted by Gasteiger charge is -2.12. The van der Waals surface area contributed by atoms with Crippen LogP contribution in [-0.2, 0) is 0 Å². The fraction of sp³-hybridized carbons (Fsp3) is 0. The predicted octanol–water partition coefficient (Wildman–Crippen LogP) is 3.39. The highest BCUT2D eigenvalue weighted by Gasteiger charge is 2.22. The van der Waals surface area contributed by atoms with Crippen molar-refractivity contribution in [3.8, 4) is 22.9 Å². The maximum absolute atomic E-state index is 14.4. The largest absolute Gasteiger partial charge is 0.507 e. The van der Waals surface area contributed by atoms with E-state index in [0.717, 1.165) is 24.5 Å². The molecule has 0 aliphatic carbocycles. The van der Waals surface area contributed by atoms with Gasteiger partial charge in [-0.2, -0.15) is 5.26 Å². The first-order valence-electron chi connectivity index (χ1n) is 6.25. The van der Waals surface area contributed by atoms with E-state index in [1.54, 1.807) is 0 Å². The lowest BCUT2D eigenvalue weighted by Crippen LogP contribution is -1.99. The van der Waals surface area contributed by atoms with Gasteiger partial charge >= 0.3 is 0 Å². The first kappa shape index (κ1) is 14.9. The fourth-order valence-corrected chi connectivity index (χ4v) is 2.49. The Morgan fingerprint density at radius 3 is 2.70 bits per heavy atom. The number of benzene rings is 2. The summed E-state index contributed by atoms with van der Waals surface area (Å²) in [6.45, 7) is 0. The van der Waals surface area contributed by atoms with Crippen molar-refractivity contribution in [1.29, 1.82) is 5.26 Å². The molecule has 1 heterocycles. The number of rotatable bonds is 1. The molecule has 0 fully saturated rings. The topological polar surface area (TPSA) is 95.8 Å². The third-order valence-corrected chi connectivity index (χ3v) is 3.69. The summed E-state index contributed by atoms with van der Waals surface area (Å²) in [5, 5.41) is 18.7. The minimum atomic E-state index is -1.03. The van der Waals surface area contributed by atoms with Crippen molar-refractivity contribution in [2.24, 2.45) is 0 Å². The fourth-order valence-electron chi connectivity index (χ4n) is 2.33. The number of nitrogen functional groups attached to an aromatic ring is 1. The molecule has 0 spiro atoms. The summed E-state index contributed by atoms with van der Waals surface area (Å²) in [6, 6.07) is 5.08. The summed E-state index contributed by atoms with van der Waals surface area (Å²) in [4.78, 5) is 7.73. The number of nitrogens with zero attached hydrogens (tertiary/aromatic N) is 3. The van der Waals surface area contributed by atoms with E-state index in [2.05, 4.69) is 9.97 Å². The number of aromatic nitrogens is 2. The molecule has 1 aromatic heterocycles. The molecule has 23 heavy (non-hydrogen) atoms. The molecule has 0 saturated heterocycles. The molecule has 0 amide bonds. The lowest BCUT2D eigenvalue weighted by atomic mass is 9.96. The maximum atomic E-state index is 14.4. The minimum absolute atomic E-state index is 0.0353. The molecule has 8 heteroatoms. The van der Waals surface area contributed by atoms with Gasteiger partial charge in [0.2, 0.25) is 0 Å². The lowest BCUT2D eigenvalue weighted by molar-refractivity contribution is 0.481. The number of aromatic hydroxyl groups is 1. The van der Waals surface area contributed by atoms with Gasteiger partial charge in [-0.15, -0.1) is 0 Å². The minimum Gasteiger partial charge on any atom is -0.507 e. The first-order valence-corrected chi connectivity index (χ1v) is 6.63. The number of anilines is 1. The van der Waals surface area contributed by atoms with Crippen molar-refractivity contribution in [2.75, 3.05) is 5.73 Å². The molecule has 3 aromatic rings. The smallest absolute Gasteiger partial charge is 0.152 e. The molecule has 0 saturated carbocycles. The van der Waals surface area contributed by atoms with Gasteiger partial charge in [-0.3, -0.25) is 0 Å². The van der Waals surface area contributed by atoms with Crippen LogP contribution in [-0.4, -0.2) is 15.1 Å². The number of phenols is 1. The second-order valence-corrected chi connectivity index (χ2v) is 5.01. The summed E-state index contributed by atoms with van der Waals surface area (Å²) in [6.07, 6.45) is 1.12. The molecule has 0 atom stereocenters. The first-order chi connectivity index (χ1) is 11.0. The number of halogens is 3. The Morgan fingerprint density at radius 1 is 1.26 bits per heavy atom. The van der Waals surface area contributed by atoms with Crippen LogP contribution in [0.25, 0.3) is 22.0 Å². The molecule has 0 unspecified atom stereocenters. The number of fused-ring (bicyclic) bond motifs is 1. The van der Waals surface area contributed by atoms with Gasteiger partial charge < -0.3 is 10.8 Å². The van der Waals surface area contributed by atoms with Crippen molar-refractivity contribution >= 4 is 28.3 Å². The van der Waals surface area contributed by atoms with Gasteiger partial charge in [-0.05, 0) is 18.2 Å². The second kappa shape index (κ2) is 5.34. The van der Waals surface area contributed by atoms with Crippen LogP contribution in [0.15, 0.2) is 24.5 Å². The van der Waals surface area contributed by atoms with Crippen molar-refractivity contribution in [3.63, 3.8) is 0 Å². The Hall–Kier alpha value is -2.98. The number of hydrogen-bond donors (Lipinski definition) is 2. The van der Waals surface area contributed by atoms with Crippen LogP contribution < -0.4 is 5.73 Å². The summed E-state index contributed by atoms with van der Waals surface area (Å²) >= 11 is 5.60. The molecule has 3 N–H and O–H groups in total. The van der Waals surface area contributed by atoms with Gasteiger partial charge in [0.25, 0.3) is 0 Å². The van der Waals surface area contributed by atoms with E-state index in [-0.39, 0.29) is 39.2 Å².